The molecule has 0 aromatic heterocycles. The molecule has 0 bridgehead atoms. The average molecular weight is 255 g/mol. The number of ether oxygens (including phenoxy) is 1. The lowest BCUT2D eigenvalue weighted by Crippen LogP contribution is -2.34. The number of ketones is 1. The molecule has 18 heavy (non-hydrogen) atoms. The highest BCUT2D eigenvalue weighted by atomic mass is 16.6. The van der Waals surface area contributed by atoms with Crippen LogP contribution in [0.4, 0.5) is 4.79 Å². The van der Waals surface area contributed by atoms with E-state index in [9.17, 15) is 9.59 Å². The van der Waals surface area contributed by atoms with Crippen LogP contribution in [0, 0.1) is 5.92 Å². The van der Waals surface area contributed by atoms with Gasteiger partial charge in [-0.05, 0) is 33.3 Å². The predicted octanol–water partition coefficient (Wildman–Crippen LogP) is 3.02. The molecule has 0 N–H and O–H groups in total. The molecule has 104 valence electrons. The number of hydrogen-bond acceptors (Lipinski definition) is 3. The second-order valence-electron chi connectivity index (χ2n) is 5.65. The van der Waals surface area contributed by atoms with Crippen molar-refractivity contribution >= 4 is 11.9 Å². The van der Waals surface area contributed by atoms with Gasteiger partial charge in [0.05, 0.1) is 0 Å². The van der Waals surface area contributed by atoms with Crippen molar-refractivity contribution in [3.63, 3.8) is 0 Å². The summed E-state index contributed by atoms with van der Waals surface area (Å²) in [4.78, 5) is 24.4. The number of allylic oxidation sites excluding steroid dienone is 1. The van der Waals surface area contributed by atoms with E-state index >= 15 is 0 Å². The highest BCUT2D eigenvalue weighted by molar-refractivity contribution is 5.91. The third-order valence-electron chi connectivity index (χ3n) is 2.19. The number of hydrogen-bond donors (Lipinski definition) is 0. The van der Waals surface area contributed by atoms with Crippen LogP contribution in [0.1, 0.15) is 41.0 Å². The summed E-state index contributed by atoms with van der Waals surface area (Å²) in [5.41, 5.74) is -0.477. The molecular formula is C14H25NO3. The van der Waals surface area contributed by atoms with Crippen LogP contribution >= 0.6 is 0 Å². The number of nitrogens with zero attached hydrogens (tertiary/aromatic N) is 1. The lowest BCUT2D eigenvalue weighted by molar-refractivity contribution is -0.117. The third-order valence-corrected chi connectivity index (χ3v) is 2.19. The minimum absolute atomic E-state index is 0.0184. The molecule has 4 heteroatoms. The molecule has 0 aromatic carbocycles. The van der Waals surface area contributed by atoms with Crippen LogP contribution in [0.25, 0.3) is 0 Å². The zero-order valence-electron chi connectivity index (χ0n) is 12.3. The molecule has 0 aliphatic rings. The number of carbonyl (C=O) groups excluding carboxylic acids is 2. The Morgan fingerprint density at radius 1 is 1.28 bits per heavy atom. The van der Waals surface area contributed by atoms with Crippen molar-refractivity contribution in [3.05, 3.63) is 12.2 Å². The Labute approximate surface area is 110 Å². The van der Waals surface area contributed by atoms with Crippen molar-refractivity contribution in [2.75, 3.05) is 13.6 Å². The molecule has 0 radical (unpaired) electrons. The van der Waals surface area contributed by atoms with E-state index in [0.717, 1.165) is 0 Å². The second kappa shape index (κ2) is 7.19. The first-order valence-electron chi connectivity index (χ1n) is 6.28. The summed E-state index contributed by atoms with van der Waals surface area (Å²) in [7, 11) is 1.69. The van der Waals surface area contributed by atoms with Gasteiger partial charge in [-0.1, -0.05) is 19.9 Å². The molecule has 0 aliphatic heterocycles. The van der Waals surface area contributed by atoms with Crippen molar-refractivity contribution in [2.45, 2.75) is 46.6 Å². The number of amides is 1. The van der Waals surface area contributed by atoms with E-state index < -0.39 is 5.60 Å². The smallest absolute Gasteiger partial charge is 0.410 e. The Bertz CT molecular complexity index is 313. The molecular weight excluding hydrogens is 230 g/mol. The van der Waals surface area contributed by atoms with Crippen molar-refractivity contribution < 1.29 is 14.3 Å². The number of rotatable bonds is 5. The normalized spacial score (nSPS) is 11.9. The maximum absolute atomic E-state index is 11.6. The van der Waals surface area contributed by atoms with Gasteiger partial charge >= 0.3 is 6.09 Å². The average Bonchev–Trinajstić information content (AvgIpc) is 2.20. The van der Waals surface area contributed by atoms with Crippen molar-refractivity contribution in [1.29, 1.82) is 0 Å². The van der Waals surface area contributed by atoms with Crippen LogP contribution in [-0.4, -0.2) is 36.0 Å². The quantitative estimate of drug-likeness (QED) is 0.709. The van der Waals surface area contributed by atoms with Crippen molar-refractivity contribution in [2.24, 2.45) is 5.92 Å². The highest BCUT2D eigenvalue weighted by Gasteiger charge is 2.18. The minimum atomic E-state index is -0.477. The second-order valence-corrected chi connectivity index (χ2v) is 5.65. The van der Waals surface area contributed by atoms with Gasteiger partial charge in [-0.15, -0.1) is 0 Å². The summed E-state index contributed by atoms with van der Waals surface area (Å²) in [5.74, 6) is 0.125. The molecule has 0 aromatic rings. The molecule has 0 rings (SSSR count). The Kier molecular flexibility index (Phi) is 6.66. The molecule has 0 saturated carbocycles. The fraction of sp³-hybridized carbons (Fsp3) is 0.714. The maximum atomic E-state index is 11.6. The van der Waals surface area contributed by atoms with Gasteiger partial charge in [0.15, 0.2) is 5.78 Å². The summed E-state index contributed by atoms with van der Waals surface area (Å²) in [5, 5.41) is 0. The molecule has 4 nitrogen and oxygen atoms in total. The van der Waals surface area contributed by atoms with Crippen LogP contribution in [0.15, 0.2) is 12.2 Å². The Hall–Kier alpha value is -1.32. The van der Waals surface area contributed by atoms with Gasteiger partial charge in [0.1, 0.15) is 5.60 Å². The largest absolute Gasteiger partial charge is 0.444 e. The maximum Gasteiger partial charge on any atom is 0.410 e. The van der Waals surface area contributed by atoms with E-state index in [1.165, 1.54) is 4.90 Å². The molecule has 0 spiro atoms. The summed E-state index contributed by atoms with van der Waals surface area (Å²) >= 11 is 0. The van der Waals surface area contributed by atoms with Gasteiger partial charge in [0.25, 0.3) is 0 Å². The molecule has 0 unspecified atom stereocenters. The van der Waals surface area contributed by atoms with Gasteiger partial charge in [-0.3, -0.25) is 4.79 Å². The summed E-state index contributed by atoms with van der Waals surface area (Å²) in [6.45, 7) is 9.76. The van der Waals surface area contributed by atoms with Crippen LogP contribution in [0.5, 0.6) is 0 Å². The van der Waals surface area contributed by atoms with Crippen molar-refractivity contribution in [3.8, 4) is 0 Å². The standard InChI is InChI=1S/C14H25NO3/c1-11(2)12(16)9-7-8-10-15(6)13(17)18-14(3,4)5/h7,9,11H,8,10H2,1-6H3/b9-7+. The molecule has 0 atom stereocenters. The zero-order valence-corrected chi connectivity index (χ0v) is 12.3. The molecule has 0 saturated heterocycles. The van der Waals surface area contributed by atoms with Crippen LogP contribution in [-0.2, 0) is 9.53 Å². The minimum Gasteiger partial charge on any atom is -0.444 e. The predicted molar refractivity (Wildman–Crippen MR) is 72.5 cm³/mol. The van der Waals surface area contributed by atoms with E-state index in [1.54, 1.807) is 19.2 Å². The van der Waals surface area contributed by atoms with Gasteiger partial charge < -0.3 is 9.64 Å². The first-order chi connectivity index (χ1) is 8.13. The van der Waals surface area contributed by atoms with E-state index in [4.69, 9.17) is 4.74 Å². The number of carbonyl (C=O) groups is 2. The van der Waals surface area contributed by atoms with Crippen LogP contribution in [0.3, 0.4) is 0 Å². The molecule has 0 heterocycles. The van der Waals surface area contributed by atoms with Gasteiger partial charge in [-0.2, -0.15) is 0 Å². The summed E-state index contributed by atoms with van der Waals surface area (Å²) in [6.07, 6.45) is 3.68. The fourth-order valence-electron chi connectivity index (χ4n) is 1.09. The topological polar surface area (TPSA) is 46.6 Å². The van der Waals surface area contributed by atoms with Gasteiger partial charge in [-0.25, -0.2) is 4.79 Å². The monoisotopic (exact) mass is 255 g/mol. The summed E-state index contributed by atoms with van der Waals surface area (Å²) in [6, 6.07) is 0. The Morgan fingerprint density at radius 2 is 1.83 bits per heavy atom. The van der Waals surface area contributed by atoms with Crippen LogP contribution < -0.4 is 0 Å². The van der Waals surface area contributed by atoms with Gasteiger partial charge in [0, 0.05) is 19.5 Å². The molecule has 0 aliphatic carbocycles. The zero-order chi connectivity index (χ0) is 14.3. The van der Waals surface area contributed by atoms with Crippen molar-refractivity contribution in [1.82, 2.24) is 4.90 Å². The lowest BCUT2D eigenvalue weighted by Gasteiger charge is -2.24. The first kappa shape index (κ1) is 16.7. The highest BCUT2D eigenvalue weighted by Crippen LogP contribution is 2.09. The Balaban J connectivity index is 4.01. The van der Waals surface area contributed by atoms with E-state index in [0.29, 0.717) is 13.0 Å². The van der Waals surface area contributed by atoms with E-state index in [-0.39, 0.29) is 17.8 Å². The van der Waals surface area contributed by atoms with E-state index in [2.05, 4.69) is 0 Å². The third kappa shape index (κ3) is 7.87. The van der Waals surface area contributed by atoms with E-state index in [1.807, 2.05) is 34.6 Å². The first-order valence-corrected chi connectivity index (χ1v) is 6.28. The summed E-state index contributed by atoms with van der Waals surface area (Å²) < 4.78 is 5.21. The SMILES string of the molecule is CC(C)C(=O)/C=C/CCN(C)C(=O)OC(C)(C)C. The fourth-order valence-corrected chi connectivity index (χ4v) is 1.09. The molecule has 1 amide bonds. The molecule has 0 fully saturated rings. The van der Waals surface area contributed by atoms with Crippen LogP contribution in [0.2, 0.25) is 0 Å². The Morgan fingerprint density at radius 3 is 2.28 bits per heavy atom. The van der Waals surface area contributed by atoms with Gasteiger partial charge in [0.2, 0.25) is 0 Å². The lowest BCUT2D eigenvalue weighted by atomic mass is 10.1.